The molecule has 0 N–H and O–H groups in total. The Morgan fingerprint density at radius 1 is 1.40 bits per heavy atom. The summed E-state index contributed by atoms with van der Waals surface area (Å²) < 4.78 is 1.75. The minimum Gasteiger partial charge on any atom is -0.338 e. The monoisotopic (exact) mass is 361 g/mol. The second kappa shape index (κ2) is 7.66. The molecule has 0 aliphatic carbocycles. The summed E-state index contributed by atoms with van der Waals surface area (Å²) in [6.07, 6.45) is 7.01. The molecular weight excluding hydrogens is 334 g/mol. The number of aryl methyl sites for hydroxylation is 2. The SMILES string of the molecule is CCCN1CCC(N(C)C(=O)c2sc(-c3cnn(C)c3)nc2C)CC1. The fourth-order valence-corrected chi connectivity index (χ4v) is 4.45. The molecule has 2 aromatic heterocycles. The summed E-state index contributed by atoms with van der Waals surface area (Å²) in [6, 6.07) is 0.323. The van der Waals surface area contributed by atoms with E-state index >= 15 is 0 Å². The van der Waals surface area contributed by atoms with Gasteiger partial charge >= 0.3 is 0 Å². The first-order valence-corrected chi connectivity index (χ1v) is 9.77. The van der Waals surface area contributed by atoms with Crippen molar-refractivity contribution in [1.29, 1.82) is 0 Å². The standard InChI is InChI=1S/C18H27N5OS/c1-5-8-23-9-6-15(7-10-23)22(4)18(24)16-13(2)20-17(25-16)14-11-19-21(3)12-14/h11-12,15H,5-10H2,1-4H3. The van der Waals surface area contributed by atoms with Crippen molar-refractivity contribution in [3.8, 4) is 10.6 Å². The highest BCUT2D eigenvalue weighted by atomic mass is 32.1. The van der Waals surface area contributed by atoms with Gasteiger partial charge in [0.15, 0.2) is 0 Å². The Bertz CT molecular complexity index is 730. The van der Waals surface area contributed by atoms with Crippen LogP contribution in [0.25, 0.3) is 10.6 Å². The van der Waals surface area contributed by atoms with Gasteiger partial charge in [0.1, 0.15) is 9.88 Å². The lowest BCUT2D eigenvalue weighted by molar-refractivity contribution is 0.0646. The Balaban J connectivity index is 1.69. The van der Waals surface area contributed by atoms with Crippen LogP contribution in [-0.2, 0) is 7.05 Å². The van der Waals surface area contributed by atoms with E-state index in [2.05, 4.69) is 21.9 Å². The molecule has 25 heavy (non-hydrogen) atoms. The van der Waals surface area contributed by atoms with Gasteiger partial charge in [-0.3, -0.25) is 9.48 Å². The van der Waals surface area contributed by atoms with E-state index in [0.29, 0.717) is 6.04 Å². The fourth-order valence-electron chi connectivity index (χ4n) is 3.42. The van der Waals surface area contributed by atoms with Gasteiger partial charge in [-0.2, -0.15) is 5.10 Å². The summed E-state index contributed by atoms with van der Waals surface area (Å²) in [5, 5.41) is 5.05. The zero-order chi connectivity index (χ0) is 18.0. The van der Waals surface area contributed by atoms with E-state index in [1.807, 2.05) is 32.1 Å². The van der Waals surface area contributed by atoms with Gasteiger partial charge in [-0.1, -0.05) is 6.92 Å². The van der Waals surface area contributed by atoms with Crippen molar-refractivity contribution in [3.05, 3.63) is 23.0 Å². The first-order chi connectivity index (χ1) is 12.0. The fraction of sp³-hybridized carbons (Fsp3) is 0.611. The molecule has 1 fully saturated rings. The van der Waals surface area contributed by atoms with Gasteiger partial charge in [-0.05, 0) is 32.7 Å². The first kappa shape index (κ1) is 18.1. The molecular formula is C18H27N5OS. The number of aromatic nitrogens is 3. The summed E-state index contributed by atoms with van der Waals surface area (Å²) in [5.74, 6) is 0.0964. The number of carbonyl (C=O) groups is 1. The van der Waals surface area contributed by atoms with Crippen LogP contribution < -0.4 is 0 Å². The lowest BCUT2D eigenvalue weighted by atomic mass is 10.0. The van der Waals surface area contributed by atoms with Crippen LogP contribution in [-0.4, -0.2) is 63.2 Å². The number of carbonyl (C=O) groups excluding carboxylic acids is 1. The molecule has 136 valence electrons. The van der Waals surface area contributed by atoms with Crippen molar-refractivity contribution in [3.63, 3.8) is 0 Å². The highest BCUT2D eigenvalue weighted by Gasteiger charge is 2.28. The molecule has 3 heterocycles. The third-order valence-electron chi connectivity index (χ3n) is 4.91. The second-order valence-electron chi connectivity index (χ2n) is 6.83. The number of piperidine rings is 1. The van der Waals surface area contributed by atoms with Gasteiger partial charge in [-0.25, -0.2) is 4.98 Å². The van der Waals surface area contributed by atoms with Crippen molar-refractivity contribution in [2.45, 2.75) is 39.2 Å². The molecule has 2 aromatic rings. The Morgan fingerprint density at radius 3 is 2.72 bits per heavy atom. The van der Waals surface area contributed by atoms with E-state index in [1.54, 1.807) is 10.9 Å². The summed E-state index contributed by atoms with van der Waals surface area (Å²) in [5.41, 5.74) is 1.77. The maximum Gasteiger partial charge on any atom is 0.265 e. The van der Waals surface area contributed by atoms with Crippen LogP contribution in [0.4, 0.5) is 0 Å². The lowest BCUT2D eigenvalue weighted by Gasteiger charge is -2.36. The molecule has 1 aliphatic rings. The molecule has 6 nitrogen and oxygen atoms in total. The minimum absolute atomic E-state index is 0.0964. The normalized spacial score (nSPS) is 16.3. The third kappa shape index (κ3) is 3.93. The molecule has 0 aromatic carbocycles. The molecule has 0 bridgehead atoms. The van der Waals surface area contributed by atoms with E-state index in [9.17, 15) is 4.79 Å². The van der Waals surface area contributed by atoms with Crippen molar-refractivity contribution < 1.29 is 4.79 Å². The largest absolute Gasteiger partial charge is 0.338 e. The molecule has 0 saturated carbocycles. The summed E-state index contributed by atoms with van der Waals surface area (Å²) in [4.78, 5) is 22.7. The van der Waals surface area contributed by atoms with Gasteiger partial charge in [-0.15, -0.1) is 11.3 Å². The lowest BCUT2D eigenvalue weighted by Crippen LogP contribution is -2.45. The summed E-state index contributed by atoms with van der Waals surface area (Å²) in [6.45, 7) is 7.46. The number of nitrogens with zero attached hydrogens (tertiary/aromatic N) is 5. The van der Waals surface area contributed by atoms with Crippen molar-refractivity contribution in [2.24, 2.45) is 7.05 Å². The number of thiazole rings is 1. The van der Waals surface area contributed by atoms with Crippen LogP contribution in [0.2, 0.25) is 0 Å². The Labute approximate surface area is 153 Å². The second-order valence-corrected chi connectivity index (χ2v) is 7.82. The summed E-state index contributed by atoms with van der Waals surface area (Å²) >= 11 is 1.47. The predicted octanol–water partition coefficient (Wildman–Crippen LogP) is 2.80. The molecule has 0 spiro atoms. The highest BCUT2D eigenvalue weighted by Crippen LogP contribution is 2.29. The highest BCUT2D eigenvalue weighted by molar-refractivity contribution is 7.17. The first-order valence-electron chi connectivity index (χ1n) is 8.95. The molecule has 1 saturated heterocycles. The van der Waals surface area contributed by atoms with Crippen molar-refractivity contribution >= 4 is 17.2 Å². The van der Waals surface area contributed by atoms with E-state index in [-0.39, 0.29) is 5.91 Å². The molecule has 0 atom stereocenters. The molecule has 7 heteroatoms. The zero-order valence-electron chi connectivity index (χ0n) is 15.5. The van der Waals surface area contributed by atoms with Crippen LogP contribution in [0.3, 0.4) is 0 Å². The number of likely N-dealkylation sites (tertiary alicyclic amines) is 1. The van der Waals surface area contributed by atoms with Crippen LogP contribution in [0.15, 0.2) is 12.4 Å². The number of hydrogen-bond acceptors (Lipinski definition) is 5. The van der Waals surface area contributed by atoms with Crippen LogP contribution in [0.1, 0.15) is 41.6 Å². The molecule has 0 unspecified atom stereocenters. The Hall–Kier alpha value is -1.73. The number of rotatable bonds is 5. The van der Waals surface area contributed by atoms with Gasteiger partial charge in [0.05, 0.1) is 11.9 Å². The summed E-state index contributed by atoms with van der Waals surface area (Å²) in [7, 11) is 3.82. The minimum atomic E-state index is 0.0964. The van der Waals surface area contributed by atoms with Gasteiger partial charge in [0.2, 0.25) is 0 Å². The van der Waals surface area contributed by atoms with Crippen LogP contribution in [0.5, 0.6) is 0 Å². The smallest absolute Gasteiger partial charge is 0.265 e. The maximum atomic E-state index is 13.0. The van der Waals surface area contributed by atoms with E-state index in [0.717, 1.165) is 53.6 Å². The topological polar surface area (TPSA) is 54.3 Å². The van der Waals surface area contributed by atoms with E-state index in [4.69, 9.17) is 0 Å². The maximum absolute atomic E-state index is 13.0. The Morgan fingerprint density at radius 2 is 2.12 bits per heavy atom. The molecule has 1 amide bonds. The van der Waals surface area contributed by atoms with Gasteiger partial charge in [0.25, 0.3) is 5.91 Å². The van der Waals surface area contributed by atoms with Crippen molar-refractivity contribution in [2.75, 3.05) is 26.7 Å². The zero-order valence-corrected chi connectivity index (χ0v) is 16.3. The van der Waals surface area contributed by atoms with Crippen LogP contribution >= 0.6 is 11.3 Å². The predicted molar refractivity (Wildman–Crippen MR) is 101 cm³/mol. The van der Waals surface area contributed by atoms with Gasteiger partial charge in [0, 0.05) is 45.0 Å². The van der Waals surface area contributed by atoms with E-state index in [1.165, 1.54) is 17.8 Å². The van der Waals surface area contributed by atoms with Crippen LogP contribution in [0, 0.1) is 6.92 Å². The van der Waals surface area contributed by atoms with E-state index < -0.39 is 0 Å². The van der Waals surface area contributed by atoms with Gasteiger partial charge < -0.3 is 9.80 Å². The number of amides is 1. The number of hydrogen-bond donors (Lipinski definition) is 0. The third-order valence-corrected chi connectivity index (χ3v) is 6.10. The average Bonchev–Trinajstić information content (AvgIpc) is 3.20. The molecule has 1 aliphatic heterocycles. The van der Waals surface area contributed by atoms with Crippen molar-refractivity contribution in [1.82, 2.24) is 24.6 Å². The Kier molecular flexibility index (Phi) is 5.54. The average molecular weight is 362 g/mol. The molecule has 3 rings (SSSR count). The molecule has 0 radical (unpaired) electrons. The quantitative estimate of drug-likeness (QED) is 0.822.